The zero-order valence-electron chi connectivity index (χ0n) is 20.4. The van der Waals surface area contributed by atoms with Gasteiger partial charge in [-0.2, -0.15) is 0 Å². The van der Waals surface area contributed by atoms with Crippen LogP contribution in [0.5, 0.6) is 0 Å². The summed E-state index contributed by atoms with van der Waals surface area (Å²) in [5.74, 6) is -0.999. The van der Waals surface area contributed by atoms with Gasteiger partial charge in [0.2, 0.25) is 11.8 Å². The number of hydrogen-bond acceptors (Lipinski definition) is 6. The summed E-state index contributed by atoms with van der Waals surface area (Å²) in [5, 5.41) is 29.4. The van der Waals surface area contributed by atoms with E-state index in [1.165, 1.54) is 4.90 Å². The van der Waals surface area contributed by atoms with Crippen molar-refractivity contribution in [1.29, 1.82) is 0 Å². The van der Waals surface area contributed by atoms with Crippen LogP contribution in [0.2, 0.25) is 0 Å². The lowest BCUT2D eigenvalue weighted by atomic mass is 9.78. The van der Waals surface area contributed by atoms with Crippen LogP contribution in [0.1, 0.15) is 51.9 Å². The summed E-state index contributed by atoms with van der Waals surface area (Å²) >= 11 is 0. The standard InChI is InChI=1S/C25H38N4O6/c1-25(23(32)26-35,16-21(18-30)29(24(33)34)20-10-6-3-7-11-20)17-22(31)28-14-12-27(13-15-28)19-8-4-2-5-9-19/h2,4-5,8-9,20-21,30,35H,3,6-7,10-18H2,1H3,(H,26,32)(H,33,34)/t21-,25+/m1/s1. The van der Waals surface area contributed by atoms with Crippen LogP contribution in [-0.4, -0.2) is 88.0 Å². The van der Waals surface area contributed by atoms with Crippen LogP contribution in [-0.2, 0) is 9.59 Å². The molecule has 2 aliphatic rings. The first-order valence-corrected chi connectivity index (χ1v) is 12.4. The summed E-state index contributed by atoms with van der Waals surface area (Å²) in [5.41, 5.74) is 1.35. The normalized spacial score (nSPS) is 19.5. The Balaban J connectivity index is 1.69. The Morgan fingerprint density at radius 2 is 1.71 bits per heavy atom. The third kappa shape index (κ3) is 6.64. The topological polar surface area (TPSA) is 134 Å². The van der Waals surface area contributed by atoms with E-state index in [2.05, 4.69) is 4.90 Å². The molecule has 1 aliphatic carbocycles. The Bertz CT molecular complexity index is 855. The highest BCUT2D eigenvalue weighted by molar-refractivity contribution is 5.88. The maximum absolute atomic E-state index is 13.2. The van der Waals surface area contributed by atoms with Gasteiger partial charge in [0.05, 0.1) is 18.1 Å². The molecule has 1 aromatic carbocycles. The van der Waals surface area contributed by atoms with E-state index in [4.69, 9.17) is 0 Å². The van der Waals surface area contributed by atoms with Crippen LogP contribution >= 0.6 is 0 Å². The van der Waals surface area contributed by atoms with Gasteiger partial charge in [0.1, 0.15) is 0 Å². The molecular weight excluding hydrogens is 452 g/mol. The van der Waals surface area contributed by atoms with Crippen molar-refractivity contribution in [1.82, 2.24) is 15.3 Å². The van der Waals surface area contributed by atoms with Crippen LogP contribution in [0.15, 0.2) is 30.3 Å². The molecular formula is C25H38N4O6. The molecule has 35 heavy (non-hydrogen) atoms. The number of aliphatic hydroxyl groups excluding tert-OH is 1. The molecule has 1 saturated heterocycles. The van der Waals surface area contributed by atoms with Gasteiger partial charge in [-0.15, -0.1) is 0 Å². The lowest BCUT2D eigenvalue weighted by Gasteiger charge is -2.41. The third-order valence-corrected chi connectivity index (χ3v) is 7.42. The number of carbonyl (C=O) groups is 3. The van der Waals surface area contributed by atoms with Gasteiger partial charge < -0.3 is 24.9 Å². The molecule has 10 nitrogen and oxygen atoms in total. The number of hydroxylamine groups is 1. The van der Waals surface area contributed by atoms with Crippen molar-refractivity contribution >= 4 is 23.6 Å². The lowest BCUT2D eigenvalue weighted by Crippen LogP contribution is -2.54. The number of carbonyl (C=O) groups excluding carboxylic acids is 2. The number of rotatable bonds is 9. The predicted octanol–water partition coefficient (Wildman–Crippen LogP) is 2.30. The first kappa shape index (κ1) is 26.7. The Morgan fingerprint density at radius 1 is 1.09 bits per heavy atom. The van der Waals surface area contributed by atoms with E-state index in [0.29, 0.717) is 39.0 Å². The summed E-state index contributed by atoms with van der Waals surface area (Å²) in [6, 6.07) is 8.84. The second kappa shape index (κ2) is 12.2. The van der Waals surface area contributed by atoms with Gasteiger partial charge in [-0.05, 0) is 31.4 Å². The number of piperazine rings is 1. The maximum atomic E-state index is 13.2. The average molecular weight is 491 g/mol. The van der Waals surface area contributed by atoms with Crippen molar-refractivity contribution in [3.05, 3.63) is 30.3 Å². The van der Waals surface area contributed by atoms with Crippen molar-refractivity contribution in [3.8, 4) is 0 Å². The van der Waals surface area contributed by atoms with Gasteiger partial charge in [-0.3, -0.25) is 14.8 Å². The molecule has 194 valence electrons. The molecule has 10 heteroatoms. The quantitative estimate of drug-likeness (QED) is 0.308. The summed E-state index contributed by atoms with van der Waals surface area (Å²) in [6.45, 7) is 3.38. The highest BCUT2D eigenvalue weighted by Gasteiger charge is 2.43. The average Bonchev–Trinajstić information content (AvgIpc) is 2.88. The molecule has 1 aliphatic heterocycles. The molecule has 0 aromatic heterocycles. The van der Waals surface area contributed by atoms with Gasteiger partial charge in [0, 0.05) is 44.3 Å². The van der Waals surface area contributed by atoms with Crippen LogP contribution in [0.25, 0.3) is 0 Å². The van der Waals surface area contributed by atoms with Crippen molar-refractivity contribution in [2.75, 3.05) is 37.7 Å². The summed E-state index contributed by atoms with van der Waals surface area (Å²) < 4.78 is 0. The number of nitrogens with one attached hydrogen (secondary N) is 1. The number of para-hydroxylation sites is 1. The lowest BCUT2D eigenvalue weighted by molar-refractivity contribution is -0.147. The van der Waals surface area contributed by atoms with Crippen LogP contribution in [0.3, 0.4) is 0 Å². The van der Waals surface area contributed by atoms with Gasteiger partial charge in [-0.25, -0.2) is 10.3 Å². The number of nitrogens with zero attached hydrogens (tertiary/aromatic N) is 3. The first-order valence-electron chi connectivity index (χ1n) is 12.4. The van der Waals surface area contributed by atoms with Crippen LogP contribution < -0.4 is 10.4 Å². The largest absolute Gasteiger partial charge is 0.465 e. The Labute approximate surface area is 206 Å². The minimum atomic E-state index is -1.39. The highest BCUT2D eigenvalue weighted by Crippen LogP contribution is 2.34. The van der Waals surface area contributed by atoms with E-state index >= 15 is 0 Å². The number of aliphatic hydroxyl groups is 1. The number of hydrogen-bond donors (Lipinski definition) is 4. The zero-order chi connectivity index (χ0) is 25.4. The SMILES string of the molecule is C[C@@](CC(=O)N1CCN(c2ccccc2)CC1)(C[C@H](CO)N(C(=O)O)C1CCCCC1)C(=O)NO. The second-order valence-electron chi connectivity index (χ2n) is 9.90. The molecule has 2 fully saturated rings. The fraction of sp³-hybridized carbons (Fsp3) is 0.640. The highest BCUT2D eigenvalue weighted by atomic mass is 16.5. The molecule has 0 unspecified atom stereocenters. The van der Waals surface area contributed by atoms with Crippen molar-refractivity contribution in [2.24, 2.45) is 5.41 Å². The second-order valence-corrected chi connectivity index (χ2v) is 9.90. The number of anilines is 1. The molecule has 1 heterocycles. The molecule has 3 rings (SSSR count). The molecule has 2 atom stereocenters. The van der Waals surface area contributed by atoms with Gasteiger partial charge >= 0.3 is 6.09 Å². The molecule has 3 amide bonds. The summed E-state index contributed by atoms with van der Waals surface area (Å²) in [7, 11) is 0. The van der Waals surface area contributed by atoms with E-state index in [9.17, 15) is 29.8 Å². The smallest absolute Gasteiger partial charge is 0.407 e. The molecule has 4 N–H and O–H groups in total. The number of benzene rings is 1. The molecule has 1 saturated carbocycles. The molecule has 0 spiro atoms. The van der Waals surface area contributed by atoms with Gasteiger partial charge in [-0.1, -0.05) is 44.4 Å². The molecule has 0 bridgehead atoms. The van der Waals surface area contributed by atoms with Crippen LogP contribution in [0, 0.1) is 5.41 Å². The van der Waals surface area contributed by atoms with Crippen molar-refractivity contribution in [3.63, 3.8) is 0 Å². The van der Waals surface area contributed by atoms with E-state index in [1.54, 1.807) is 17.3 Å². The van der Waals surface area contributed by atoms with E-state index in [-0.39, 0.29) is 24.8 Å². The predicted molar refractivity (Wildman–Crippen MR) is 130 cm³/mol. The first-order chi connectivity index (χ1) is 16.8. The summed E-state index contributed by atoms with van der Waals surface area (Å²) in [4.78, 5) is 43.2. The Kier molecular flexibility index (Phi) is 9.33. The maximum Gasteiger partial charge on any atom is 0.407 e. The third-order valence-electron chi connectivity index (χ3n) is 7.42. The van der Waals surface area contributed by atoms with Crippen LogP contribution in [0.4, 0.5) is 10.5 Å². The van der Waals surface area contributed by atoms with E-state index in [1.807, 2.05) is 30.3 Å². The summed E-state index contributed by atoms with van der Waals surface area (Å²) in [6.07, 6.45) is 2.86. The number of amides is 3. The van der Waals surface area contributed by atoms with E-state index < -0.39 is 30.1 Å². The minimum Gasteiger partial charge on any atom is -0.465 e. The monoisotopic (exact) mass is 490 g/mol. The molecule has 1 aromatic rings. The van der Waals surface area contributed by atoms with Crippen molar-refractivity contribution in [2.45, 2.75) is 64.0 Å². The van der Waals surface area contributed by atoms with E-state index in [0.717, 1.165) is 24.9 Å². The Hall–Kier alpha value is -2.85. The van der Waals surface area contributed by atoms with Gasteiger partial charge in [0.15, 0.2) is 0 Å². The zero-order valence-corrected chi connectivity index (χ0v) is 20.4. The minimum absolute atomic E-state index is 0.0750. The fourth-order valence-electron chi connectivity index (χ4n) is 5.42. The fourth-order valence-corrected chi connectivity index (χ4v) is 5.42. The van der Waals surface area contributed by atoms with Crippen molar-refractivity contribution < 1.29 is 29.8 Å². The van der Waals surface area contributed by atoms with Gasteiger partial charge in [0.25, 0.3) is 0 Å². The molecule has 0 radical (unpaired) electrons. The number of carboxylic acid groups (broad SMARTS) is 1. The Morgan fingerprint density at radius 3 is 2.26 bits per heavy atom.